The summed E-state index contributed by atoms with van der Waals surface area (Å²) in [5, 5.41) is 3.20. The minimum atomic E-state index is 0.518. The first kappa shape index (κ1) is 13.1. The van der Waals surface area contributed by atoms with Gasteiger partial charge in [-0.1, -0.05) is 13.8 Å². The zero-order valence-electron chi connectivity index (χ0n) is 10.5. The normalized spacial score (nSPS) is 20.5. The van der Waals surface area contributed by atoms with Gasteiger partial charge in [0.15, 0.2) is 5.13 Å². The molecule has 96 valence electrons. The van der Waals surface area contributed by atoms with E-state index in [1.54, 1.807) is 11.3 Å². The molecule has 1 fully saturated rings. The van der Waals surface area contributed by atoms with Crippen molar-refractivity contribution in [1.29, 1.82) is 0 Å². The molecule has 1 unspecified atom stereocenters. The second kappa shape index (κ2) is 6.03. The maximum absolute atomic E-state index is 5.79. The number of nitrogens with zero attached hydrogens (tertiary/aromatic N) is 3. The molecule has 2 rings (SSSR count). The van der Waals surface area contributed by atoms with E-state index in [4.69, 9.17) is 11.6 Å². The van der Waals surface area contributed by atoms with E-state index in [1.807, 2.05) is 0 Å². The molecule has 1 aliphatic heterocycles. The van der Waals surface area contributed by atoms with Gasteiger partial charge in [-0.05, 0) is 19.5 Å². The Balaban J connectivity index is 1.97. The highest BCUT2D eigenvalue weighted by molar-refractivity contribution is 7.13. The molecule has 0 saturated carbocycles. The Labute approximate surface area is 112 Å². The lowest BCUT2D eigenvalue weighted by atomic mass is 10.2. The van der Waals surface area contributed by atoms with Crippen molar-refractivity contribution in [3.8, 4) is 0 Å². The molecule has 0 amide bonds. The summed E-state index contributed by atoms with van der Waals surface area (Å²) < 4.78 is 0. The molecule has 0 spiro atoms. The maximum atomic E-state index is 5.79. The molecule has 1 saturated heterocycles. The minimum absolute atomic E-state index is 0.518. The summed E-state index contributed by atoms with van der Waals surface area (Å²) in [6.07, 6.45) is 1.25. The fourth-order valence-electron chi connectivity index (χ4n) is 2.46. The fourth-order valence-corrected chi connectivity index (χ4v) is 3.55. The topological polar surface area (TPSA) is 19.4 Å². The van der Waals surface area contributed by atoms with Crippen molar-refractivity contribution in [2.24, 2.45) is 0 Å². The Morgan fingerprint density at radius 3 is 2.88 bits per heavy atom. The Bertz CT molecular complexity index is 351. The van der Waals surface area contributed by atoms with Gasteiger partial charge in [-0.3, -0.25) is 4.90 Å². The van der Waals surface area contributed by atoms with Crippen LogP contribution in [0.5, 0.6) is 0 Å². The van der Waals surface area contributed by atoms with Crippen LogP contribution in [-0.2, 0) is 5.88 Å². The third-order valence-corrected chi connectivity index (χ3v) is 4.66. The van der Waals surface area contributed by atoms with Crippen LogP contribution in [-0.4, -0.2) is 42.1 Å². The van der Waals surface area contributed by atoms with Gasteiger partial charge in [0.05, 0.1) is 11.6 Å². The zero-order valence-corrected chi connectivity index (χ0v) is 12.1. The largest absolute Gasteiger partial charge is 0.346 e. The van der Waals surface area contributed by atoms with Crippen LogP contribution in [0.3, 0.4) is 0 Å². The molecule has 0 aromatic carbocycles. The van der Waals surface area contributed by atoms with Crippen molar-refractivity contribution in [1.82, 2.24) is 9.88 Å². The molecule has 3 nitrogen and oxygen atoms in total. The molecule has 0 N–H and O–H groups in total. The summed E-state index contributed by atoms with van der Waals surface area (Å²) >= 11 is 7.50. The van der Waals surface area contributed by atoms with Crippen LogP contribution in [0, 0.1) is 0 Å². The lowest BCUT2D eigenvalue weighted by Gasteiger charge is -2.25. The van der Waals surface area contributed by atoms with Gasteiger partial charge in [0.2, 0.25) is 0 Å². The van der Waals surface area contributed by atoms with E-state index in [2.05, 4.69) is 34.0 Å². The van der Waals surface area contributed by atoms with Crippen LogP contribution in [0.25, 0.3) is 0 Å². The quantitative estimate of drug-likeness (QED) is 0.769. The van der Waals surface area contributed by atoms with Crippen molar-refractivity contribution in [2.75, 3.05) is 31.1 Å². The van der Waals surface area contributed by atoms with Crippen LogP contribution >= 0.6 is 22.9 Å². The number of anilines is 1. The van der Waals surface area contributed by atoms with E-state index in [9.17, 15) is 0 Å². The SMILES string of the molecule is CCN(CC)C1CCN(c2nc(CCl)cs2)C1. The lowest BCUT2D eigenvalue weighted by Crippen LogP contribution is -2.37. The summed E-state index contributed by atoms with van der Waals surface area (Å²) in [4.78, 5) is 9.48. The zero-order chi connectivity index (χ0) is 12.3. The summed E-state index contributed by atoms with van der Waals surface area (Å²) in [6, 6.07) is 0.688. The average Bonchev–Trinajstić information content (AvgIpc) is 2.98. The second-order valence-corrected chi connectivity index (χ2v) is 5.47. The predicted octanol–water partition coefficient (Wildman–Crippen LogP) is 2.80. The Hall–Kier alpha value is -0.320. The number of alkyl halides is 1. The molecule has 1 aliphatic rings. The number of thiazole rings is 1. The Morgan fingerprint density at radius 2 is 2.29 bits per heavy atom. The molecule has 1 atom stereocenters. The Morgan fingerprint density at radius 1 is 1.53 bits per heavy atom. The summed E-state index contributed by atoms with van der Waals surface area (Å²) in [5.41, 5.74) is 0.998. The first-order valence-corrected chi connectivity index (χ1v) is 7.69. The van der Waals surface area contributed by atoms with Gasteiger partial charge in [0.1, 0.15) is 0 Å². The van der Waals surface area contributed by atoms with Crippen molar-refractivity contribution >= 4 is 28.1 Å². The van der Waals surface area contributed by atoms with Gasteiger partial charge in [-0.15, -0.1) is 22.9 Å². The van der Waals surface area contributed by atoms with Crippen molar-refractivity contribution < 1.29 is 0 Å². The smallest absolute Gasteiger partial charge is 0.185 e. The van der Waals surface area contributed by atoms with Crippen molar-refractivity contribution in [3.05, 3.63) is 11.1 Å². The molecular weight excluding hydrogens is 254 g/mol. The third kappa shape index (κ3) is 2.92. The number of hydrogen-bond acceptors (Lipinski definition) is 4. The molecule has 1 aromatic rings. The second-order valence-electron chi connectivity index (χ2n) is 4.36. The fraction of sp³-hybridized carbons (Fsp3) is 0.750. The molecule has 5 heteroatoms. The molecule has 0 bridgehead atoms. The number of halogens is 1. The molecule has 17 heavy (non-hydrogen) atoms. The number of likely N-dealkylation sites (N-methyl/N-ethyl adjacent to an activating group) is 1. The lowest BCUT2D eigenvalue weighted by molar-refractivity contribution is 0.232. The molecule has 0 radical (unpaired) electrons. The van der Waals surface area contributed by atoms with Gasteiger partial charge in [0, 0.05) is 24.5 Å². The van der Waals surface area contributed by atoms with Crippen LogP contribution in [0.1, 0.15) is 26.0 Å². The van der Waals surface area contributed by atoms with Crippen molar-refractivity contribution in [2.45, 2.75) is 32.2 Å². The molecule has 0 aliphatic carbocycles. The first-order valence-electron chi connectivity index (χ1n) is 6.27. The average molecular weight is 274 g/mol. The maximum Gasteiger partial charge on any atom is 0.185 e. The monoisotopic (exact) mass is 273 g/mol. The van der Waals surface area contributed by atoms with Gasteiger partial charge < -0.3 is 4.90 Å². The van der Waals surface area contributed by atoms with Gasteiger partial charge in [-0.2, -0.15) is 0 Å². The van der Waals surface area contributed by atoms with E-state index in [0.29, 0.717) is 11.9 Å². The van der Waals surface area contributed by atoms with Gasteiger partial charge in [-0.25, -0.2) is 4.98 Å². The molecule has 2 heterocycles. The number of aromatic nitrogens is 1. The van der Waals surface area contributed by atoms with E-state index in [0.717, 1.165) is 37.0 Å². The number of hydrogen-bond donors (Lipinski definition) is 0. The van der Waals surface area contributed by atoms with Crippen LogP contribution in [0.2, 0.25) is 0 Å². The van der Waals surface area contributed by atoms with E-state index >= 15 is 0 Å². The van der Waals surface area contributed by atoms with Gasteiger partial charge in [0.25, 0.3) is 0 Å². The summed E-state index contributed by atoms with van der Waals surface area (Å²) in [5.74, 6) is 0.518. The molecular formula is C12H20ClN3S. The minimum Gasteiger partial charge on any atom is -0.346 e. The van der Waals surface area contributed by atoms with Crippen LogP contribution in [0.4, 0.5) is 5.13 Å². The van der Waals surface area contributed by atoms with Crippen molar-refractivity contribution in [3.63, 3.8) is 0 Å². The summed E-state index contributed by atoms with van der Waals surface area (Å²) in [7, 11) is 0. The van der Waals surface area contributed by atoms with Crippen LogP contribution < -0.4 is 4.90 Å². The van der Waals surface area contributed by atoms with Crippen LogP contribution in [0.15, 0.2) is 5.38 Å². The van der Waals surface area contributed by atoms with E-state index in [-0.39, 0.29) is 0 Å². The highest BCUT2D eigenvalue weighted by Crippen LogP contribution is 2.26. The standard InChI is InChI=1S/C12H20ClN3S/c1-3-15(4-2)11-5-6-16(8-11)12-14-10(7-13)9-17-12/h9,11H,3-8H2,1-2H3. The first-order chi connectivity index (χ1) is 8.28. The van der Waals surface area contributed by atoms with E-state index in [1.165, 1.54) is 6.42 Å². The highest BCUT2D eigenvalue weighted by Gasteiger charge is 2.27. The Kier molecular flexibility index (Phi) is 4.65. The molecule has 1 aromatic heterocycles. The number of rotatable bonds is 5. The van der Waals surface area contributed by atoms with Gasteiger partial charge >= 0.3 is 0 Å². The highest BCUT2D eigenvalue weighted by atomic mass is 35.5. The van der Waals surface area contributed by atoms with E-state index < -0.39 is 0 Å². The third-order valence-electron chi connectivity index (χ3n) is 3.44. The summed E-state index contributed by atoms with van der Waals surface area (Å²) in [6.45, 7) is 8.98. The predicted molar refractivity (Wildman–Crippen MR) is 75.2 cm³/mol.